The first-order chi connectivity index (χ1) is 11.3. The Labute approximate surface area is 132 Å². The monoisotopic (exact) mass is 337 g/mol. The van der Waals surface area contributed by atoms with E-state index in [1.807, 2.05) is 0 Å². The fourth-order valence-electron chi connectivity index (χ4n) is 2.01. The summed E-state index contributed by atoms with van der Waals surface area (Å²) in [5.41, 5.74) is 6.77. The molecular formula is C14H10F3N5O2. The number of nitrogens with zero attached hydrogens (tertiary/aromatic N) is 4. The second-order valence-corrected chi connectivity index (χ2v) is 4.90. The van der Waals surface area contributed by atoms with Crippen LogP contribution >= 0.6 is 0 Å². The van der Waals surface area contributed by atoms with Gasteiger partial charge in [0.1, 0.15) is 0 Å². The summed E-state index contributed by atoms with van der Waals surface area (Å²) in [4.78, 5) is 14.2. The third-order valence-corrected chi connectivity index (χ3v) is 3.07. The van der Waals surface area contributed by atoms with Gasteiger partial charge in [0.25, 0.3) is 0 Å². The van der Waals surface area contributed by atoms with Crippen LogP contribution in [-0.2, 0) is 17.4 Å². The molecule has 2 N–H and O–H groups in total. The molecule has 7 nitrogen and oxygen atoms in total. The van der Waals surface area contributed by atoms with E-state index in [4.69, 9.17) is 5.73 Å². The summed E-state index contributed by atoms with van der Waals surface area (Å²) in [6, 6.07) is 6.32. The summed E-state index contributed by atoms with van der Waals surface area (Å²) in [5.74, 6) is -2.03. The van der Waals surface area contributed by atoms with Gasteiger partial charge in [-0.15, -0.1) is 0 Å². The largest absolute Gasteiger partial charge is 0.471 e. The lowest BCUT2D eigenvalue weighted by Crippen LogP contribution is -2.13. The van der Waals surface area contributed by atoms with Crippen LogP contribution in [0, 0.1) is 0 Å². The molecule has 0 saturated carbocycles. The molecule has 1 amide bonds. The Morgan fingerprint density at radius 2 is 1.96 bits per heavy atom. The predicted octanol–water partition coefficient (Wildman–Crippen LogP) is 1.97. The van der Waals surface area contributed by atoms with Crippen LogP contribution in [0.25, 0.3) is 17.1 Å². The van der Waals surface area contributed by atoms with Gasteiger partial charge >= 0.3 is 12.1 Å². The van der Waals surface area contributed by atoms with Crippen LogP contribution in [0.1, 0.15) is 11.5 Å². The summed E-state index contributed by atoms with van der Waals surface area (Å²) >= 11 is 0. The third kappa shape index (κ3) is 3.26. The topological polar surface area (TPSA) is 99.8 Å². The molecule has 0 spiro atoms. The Morgan fingerprint density at radius 3 is 2.54 bits per heavy atom. The van der Waals surface area contributed by atoms with Crippen LogP contribution in [0.4, 0.5) is 13.2 Å². The van der Waals surface area contributed by atoms with Gasteiger partial charge in [-0.05, 0) is 29.8 Å². The molecule has 0 atom stereocenters. The quantitative estimate of drug-likeness (QED) is 0.784. The van der Waals surface area contributed by atoms with Gasteiger partial charge in [-0.3, -0.25) is 4.79 Å². The zero-order valence-electron chi connectivity index (χ0n) is 12.0. The summed E-state index contributed by atoms with van der Waals surface area (Å²) in [6.45, 7) is 0. The molecule has 0 unspecified atom stereocenters. The summed E-state index contributed by atoms with van der Waals surface area (Å²) < 4.78 is 43.1. The Kier molecular flexibility index (Phi) is 3.80. The van der Waals surface area contributed by atoms with Crippen LogP contribution in [0.5, 0.6) is 0 Å². The number of amides is 1. The van der Waals surface area contributed by atoms with E-state index in [0.29, 0.717) is 16.8 Å². The fraction of sp³-hybridized carbons (Fsp3) is 0.143. The Morgan fingerprint density at radius 1 is 1.25 bits per heavy atom. The highest BCUT2D eigenvalue weighted by molar-refractivity contribution is 5.76. The molecule has 1 aromatic carbocycles. The highest BCUT2D eigenvalue weighted by Crippen LogP contribution is 2.29. The van der Waals surface area contributed by atoms with Crippen molar-refractivity contribution in [3.8, 4) is 17.1 Å². The molecule has 0 bridgehead atoms. The first-order valence-corrected chi connectivity index (χ1v) is 6.66. The van der Waals surface area contributed by atoms with E-state index in [0.717, 1.165) is 0 Å². The molecule has 0 radical (unpaired) electrons. The minimum Gasteiger partial charge on any atom is -0.369 e. The van der Waals surface area contributed by atoms with Crippen molar-refractivity contribution in [2.75, 3.05) is 0 Å². The molecule has 0 aliphatic carbocycles. The van der Waals surface area contributed by atoms with Gasteiger partial charge in [0, 0.05) is 11.8 Å². The van der Waals surface area contributed by atoms with Gasteiger partial charge in [-0.1, -0.05) is 5.16 Å². The van der Waals surface area contributed by atoms with Crippen molar-refractivity contribution in [2.45, 2.75) is 12.6 Å². The number of aromatic nitrogens is 4. The average molecular weight is 337 g/mol. The maximum atomic E-state index is 12.5. The first-order valence-electron chi connectivity index (χ1n) is 6.66. The van der Waals surface area contributed by atoms with E-state index in [2.05, 4.69) is 19.8 Å². The van der Waals surface area contributed by atoms with Crippen molar-refractivity contribution in [1.82, 2.24) is 19.9 Å². The molecule has 10 heteroatoms. The molecule has 124 valence electrons. The van der Waals surface area contributed by atoms with Crippen molar-refractivity contribution in [1.29, 1.82) is 0 Å². The van der Waals surface area contributed by atoms with Gasteiger partial charge in [-0.25, -0.2) is 4.68 Å². The summed E-state index contributed by atoms with van der Waals surface area (Å²) in [6.07, 6.45) is -1.47. The number of rotatable bonds is 4. The average Bonchev–Trinajstić information content (AvgIpc) is 3.15. The number of benzene rings is 1. The lowest BCUT2D eigenvalue weighted by atomic mass is 10.2. The summed E-state index contributed by atoms with van der Waals surface area (Å²) in [7, 11) is 0. The normalized spacial score (nSPS) is 11.6. The Bertz CT molecular complexity index is 867. The third-order valence-electron chi connectivity index (χ3n) is 3.07. The van der Waals surface area contributed by atoms with E-state index in [1.54, 1.807) is 18.3 Å². The van der Waals surface area contributed by atoms with E-state index in [-0.39, 0.29) is 12.2 Å². The Hall–Kier alpha value is -3.17. The van der Waals surface area contributed by atoms with E-state index >= 15 is 0 Å². The molecule has 3 aromatic rings. The molecule has 0 saturated heterocycles. The number of alkyl halides is 3. The maximum Gasteiger partial charge on any atom is 0.471 e. The number of carbonyl (C=O) groups excluding carboxylic acids is 1. The van der Waals surface area contributed by atoms with Crippen LogP contribution in [-0.4, -0.2) is 25.8 Å². The van der Waals surface area contributed by atoms with E-state index < -0.39 is 18.0 Å². The SMILES string of the molecule is NC(=O)Cc1cnn(-c2ccc(-c3noc(C(F)(F)F)n3)cc2)c1. The molecule has 0 fully saturated rings. The van der Waals surface area contributed by atoms with Gasteiger partial charge in [0.15, 0.2) is 0 Å². The molecular weight excluding hydrogens is 327 g/mol. The highest BCUT2D eigenvalue weighted by atomic mass is 19.4. The number of nitrogens with two attached hydrogens (primary N) is 1. The van der Waals surface area contributed by atoms with Gasteiger partial charge in [-0.2, -0.15) is 23.3 Å². The Balaban J connectivity index is 1.81. The first kappa shape index (κ1) is 15.7. The number of halogens is 3. The second-order valence-electron chi connectivity index (χ2n) is 4.90. The molecule has 0 aliphatic rings. The number of hydrogen-bond donors (Lipinski definition) is 1. The lowest BCUT2D eigenvalue weighted by molar-refractivity contribution is -0.159. The highest BCUT2D eigenvalue weighted by Gasteiger charge is 2.38. The van der Waals surface area contributed by atoms with Crippen molar-refractivity contribution in [3.63, 3.8) is 0 Å². The predicted molar refractivity (Wildman–Crippen MR) is 74.8 cm³/mol. The standard InChI is InChI=1S/C14H10F3N5O2/c15-14(16,17)13-20-12(21-24-13)9-1-3-10(4-2-9)22-7-8(6-19-22)5-11(18)23/h1-4,6-7H,5H2,(H2,18,23). The van der Waals surface area contributed by atoms with Gasteiger partial charge < -0.3 is 10.3 Å². The molecule has 24 heavy (non-hydrogen) atoms. The second kappa shape index (κ2) is 5.80. The zero-order valence-corrected chi connectivity index (χ0v) is 12.0. The zero-order chi connectivity index (χ0) is 17.3. The van der Waals surface area contributed by atoms with Gasteiger partial charge in [0.05, 0.1) is 18.3 Å². The number of primary amides is 1. The van der Waals surface area contributed by atoms with Crippen molar-refractivity contribution < 1.29 is 22.5 Å². The minimum atomic E-state index is -4.68. The van der Waals surface area contributed by atoms with Crippen LogP contribution in [0.3, 0.4) is 0 Å². The van der Waals surface area contributed by atoms with E-state index in [1.165, 1.54) is 23.0 Å². The smallest absolute Gasteiger partial charge is 0.369 e. The molecule has 2 aromatic heterocycles. The summed E-state index contributed by atoms with van der Waals surface area (Å²) in [5, 5.41) is 7.40. The van der Waals surface area contributed by atoms with Crippen LogP contribution in [0.15, 0.2) is 41.2 Å². The van der Waals surface area contributed by atoms with Crippen LogP contribution in [0.2, 0.25) is 0 Å². The van der Waals surface area contributed by atoms with Crippen LogP contribution < -0.4 is 5.73 Å². The molecule has 0 aliphatic heterocycles. The fourth-order valence-corrected chi connectivity index (χ4v) is 2.01. The lowest BCUT2D eigenvalue weighted by Gasteiger charge is -2.01. The number of hydrogen-bond acceptors (Lipinski definition) is 5. The van der Waals surface area contributed by atoms with Crippen molar-refractivity contribution in [2.24, 2.45) is 5.73 Å². The van der Waals surface area contributed by atoms with Crippen molar-refractivity contribution >= 4 is 5.91 Å². The molecule has 3 rings (SSSR count). The van der Waals surface area contributed by atoms with E-state index in [9.17, 15) is 18.0 Å². The molecule has 2 heterocycles. The maximum absolute atomic E-state index is 12.5. The van der Waals surface area contributed by atoms with Crippen molar-refractivity contribution in [3.05, 3.63) is 48.1 Å². The van der Waals surface area contributed by atoms with Gasteiger partial charge in [0.2, 0.25) is 11.7 Å². The minimum absolute atomic E-state index is 0.0706. The number of carbonyl (C=O) groups is 1.